The molecule has 3 aliphatic heterocycles. The molecule has 5 rings (SSSR count). The zero-order valence-electron chi connectivity index (χ0n) is 16.1. The summed E-state index contributed by atoms with van der Waals surface area (Å²) in [7, 11) is 0. The van der Waals surface area contributed by atoms with E-state index in [2.05, 4.69) is 14.5 Å². The summed E-state index contributed by atoms with van der Waals surface area (Å²) >= 11 is 0. The number of aromatic nitrogens is 3. The quantitative estimate of drug-likeness (QED) is 0.787. The number of imidazole rings is 1. The van der Waals surface area contributed by atoms with Crippen molar-refractivity contribution in [2.45, 2.75) is 50.7 Å². The van der Waals surface area contributed by atoms with Crippen LogP contribution in [0, 0.1) is 0 Å². The Bertz CT molecular complexity index is 920. The van der Waals surface area contributed by atoms with Gasteiger partial charge in [-0.05, 0) is 38.7 Å². The lowest BCUT2D eigenvalue weighted by molar-refractivity contribution is -0.141. The fraction of sp³-hybridized carbons (Fsp3) is 0.600. The first-order chi connectivity index (χ1) is 13.6. The van der Waals surface area contributed by atoms with E-state index in [9.17, 15) is 9.59 Å². The number of fused-ring (bicyclic) bond motifs is 2. The number of carbonyl (C=O) groups excluding carboxylic acids is 2. The summed E-state index contributed by atoms with van der Waals surface area (Å²) in [4.78, 5) is 38.5. The molecule has 3 saturated heterocycles. The van der Waals surface area contributed by atoms with Gasteiger partial charge in [0.25, 0.3) is 5.91 Å². The van der Waals surface area contributed by atoms with Crippen LogP contribution in [0.3, 0.4) is 0 Å². The van der Waals surface area contributed by atoms with Gasteiger partial charge < -0.3 is 19.1 Å². The Hall–Kier alpha value is -2.48. The van der Waals surface area contributed by atoms with E-state index in [0.29, 0.717) is 18.2 Å². The summed E-state index contributed by atoms with van der Waals surface area (Å²) < 4.78 is 7.53. The van der Waals surface area contributed by atoms with Gasteiger partial charge in [-0.2, -0.15) is 0 Å². The first-order valence-corrected chi connectivity index (χ1v) is 10.2. The van der Waals surface area contributed by atoms with Crippen molar-refractivity contribution >= 4 is 23.0 Å². The number of amides is 2. The fourth-order valence-electron chi connectivity index (χ4n) is 4.77. The van der Waals surface area contributed by atoms with Crippen molar-refractivity contribution in [3.8, 4) is 0 Å². The normalized spacial score (nSPS) is 26.1. The average Bonchev–Trinajstić information content (AvgIpc) is 3.37. The predicted octanol–water partition coefficient (Wildman–Crippen LogP) is 1.62. The van der Waals surface area contributed by atoms with Crippen LogP contribution in [-0.2, 0) is 9.53 Å². The summed E-state index contributed by atoms with van der Waals surface area (Å²) in [6.07, 6.45) is 7.31. The number of rotatable bonds is 2. The molecule has 148 valence electrons. The van der Waals surface area contributed by atoms with E-state index in [0.717, 1.165) is 56.6 Å². The molecule has 8 nitrogen and oxygen atoms in total. The van der Waals surface area contributed by atoms with Gasteiger partial charge in [-0.3, -0.25) is 9.59 Å². The van der Waals surface area contributed by atoms with Crippen LogP contribution < -0.4 is 0 Å². The number of ether oxygens (including phenoxy) is 1. The predicted molar refractivity (Wildman–Crippen MR) is 102 cm³/mol. The molecule has 0 unspecified atom stereocenters. The molecule has 0 radical (unpaired) electrons. The Morgan fingerprint density at radius 1 is 1.18 bits per heavy atom. The number of hydrogen-bond acceptors (Lipinski definition) is 5. The van der Waals surface area contributed by atoms with Crippen molar-refractivity contribution in [2.75, 3.05) is 26.3 Å². The number of pyridine rings is 1. The first-order valence-electron chi connectivity index (χ1n) is 10.2. The summed E-state index contributed by atoms with van der Waals surface area (Å²) in [6, 6.07) is 1.86. The van der Waals surface area contributed by atoms with Crippen molar-refractivity contribution < 1.29 is 14.3 Å². The van der Waals surface area contributed by atoms with Crippen LogP contribution in [-0.4, -0.2) is 74.5 Å². The van der Waals surface area contributed by atoms with E-state index in [-0.39, 0.29) is 17.9 Å². The highest BCUT2D eigenvalue weighted by Crippen LogP contribution is 2.28. The van der Waals surface area contributed by atoms with Crippen LogP contribution in [0.15, 0.2) is 18.6 Å². The van der Waals surface area contributed by atoms with Crippen LogP contribution in [0.25, 0.3) is 11.2 Å². The van der Waals surface area contributed by atoms with Crippen LogP contribution in [0.4, 0.5) is 0 Å². The van der Waals surface area contributed by atoms with Crippen molar-refractivity contribution in [3.05, 3.63) is 24.2 Å². The molecule has 2 amide bonds. The van der Waals surface area contributed by atoms with Gasteiger partial charge in [0.15, 0.2) is 5.65 Å². The third kappa shape index (κ3) is 2.78. The van der Waals surface area contributed by atoms with Gasteiger partial charge in [-0.1, -0.05) is 0 Å². The third-order valence-electron chi connectivity index (χ3n) is 6.40. The minimum atomic E-state index is -0.433. The number of nitrogens with zero attached hydrogens (tertiary/aromatic N) is 5. The van der Waals surface area contributed by atoms with Crippen LogP contribution in [0.5, 0.6) is 0 Å². The second kappa shape index (κ2) is 6.84. The van der Waals surface area contributed by atoms with Crippen molar-refractivity contribution in [1.82, 2.24) is 24.3 Å². The minimum Gasteiger partial charge on any atom is -0.381 e. The molecule has 0 aliphatic carbocycles. The molecular formula is C20H25N5O3. The molecule has 0 saturated carbocycles. The molecule has 28 heavy (non-hydrogen) atoms. The largest absolute Gasteiger partial charge is 0.381 e. The molecule has 2 aromatic heterocycles. The molecule has 0 aromatic carbocycles. The van der Waals surface area contributed by atoms with E-state index >= 15 is 0 Å². The van der Waals surface area contributed by atoms with E-state index in [1.54, 1.807) is 17.2 Å². The van der Waals surface area contributed by atoms with Gasteiger partial charge in [-0.25, -0.2) is 9.97 Å². The Morgan fingerprint density at radius 2 is 2.00 bits per heavy atom. The third-order valence-corrected chi connectivity index (χ3v) is 6.40. The monoisotopic (exact) mass is 383 g/mol. The highest BCUT2D eigenvalue weighted by molar-refractivity contribution is 5.99. The molecular weight excluding hydrogens is 358 g/mol. The number of hydrogen-bond donors (Lipinski definition) is 0. The maximum atomic E-state index is 13.2. The first kappa shape index (κ1) is 17.6. The summed E-state index contributed by atoms with van der Waals surface area (Å²) in [5.41, 5.74) is 2.01. The maximum Gasteiger partial charge on any atom is 0.256 e. The molecule has 2 atom stereocenters. The SMILES string of the molecule is C[C@@H]1C(=O)N2CCC[C@@H]2CN1C(=O)c1cnc2c(c1)ncn2C1CCOCC1. The van der Waals surface area contributed by atoms with Crippen molar-refractivity contribution in [1.29, 1.82) is 0 Å². The van der Waals surface area contributed by atoms with E-state index in [4.69, 9.17) is 4.74 Å². The second-order valence-electron chi connectivity index (χ2n) is 8.02. The highest BCUT2D eigenvalue weighted by Gasteiger charge is 2.42. The molecule has 3 aliphatic rings. The maximum absolute atomic E-state index is 13.2. The fourth-order valence-corrected chi connectivity index (χ4v) is 4.77. The number of carbonyl (C=O) groups is 2. The van der Waals surface area contributed by atoms with Gasteiger partial charge in [0.2, 0.25) is 5.91 Å². The summed E-state index contributed by atoms with van der Waals surface area (Å²) in [5, 5.41) is 0. The van der Waals surface area contributed by atoms with Gasteiger partial charge in [-0.15, -0.1) is 0 Å². The lowest BCUT2D eigenvalue weighted by atomic mass is 10.1. The summed E-state index contributed by atoms with van der Waals surface area (Å²) in [6.45, 7) is 4.73. The second-order valence-corrected chi connectivity index (χ2v) is 8.02. The topological polar surface area (TPSA) is 80.6 Å². The standard InChI is InChI=1S/C20H25N5O3/c1-13-19(26)23-6-2-3-16(23)11-24(13)20(27)14-9-17-18(21-10-14)25(12-22-17)15-4-7-28-8-5-15/h9-10,12-13,15-16H,2-8,11H2,1H3/t13-,16-/m1/s1. The minimum absolute atomic E-state index is 0.0555. The molecule has 3 fully saturated rings. The van der Waals surface area contributed by atoms with E-state index < -0.39 is 6.04 Å². The van der Waals surface area contributed by atoms with Crippen LogP contribution in [0.2, 0.25) is 0 Å². The highest BCUT2D eigenvalue weighted by atomic mass is 16.5. The lowest BCUT2D eigenvalue weighted by Crippen LogP contribution is -2.60. The van der Waals surface area contributed by atoms with E-state index in [1.807, 2.05) is 18.2 Å². The lowest BCUT2D eigenvalue weighted by Gasteiger charge is -2.41. The van der Waals surface area contributed by atoms with Crippen molar-refractivity contribution in [3.63, 3.8) is 0 Å². The Labute approximate surface area is 163 Å². The number of piperazine rings is 1. The van der Waals surface area contributed by atoms with Crippen molar-refractivity contribution in [2.24, 2.45) is 0 Å². The Morgan fingerprint density at radius 3 is 2.82 bits per heavy atom. The molecule has 5 heterocycles. The van der Waals surface area contributed by atoms with Gasteiger partial charge in [0, 0.05) is 44.6 Å². The summed E-state index contributed by atoms with van der Waals surface area (Å²) in [5.74, 6) is -0.0812. The van der Waals surface area contributed by atoms with Crippen LogP contribution >= 0.6 is 0 Å². The van der Waals surface area contributed by atoms with Gasteiger partial charge >= 0.3 is 0 Å². The average molecular weight is 383 g/mol. The molecule has 2 aromatic rings. The molecule has 0 spiro atoms. The molecule has 8 heteroatoms. The Balaban J connectivity index is 1.41. The molecule has 0 bridgehead atoms. The molecule has 0 N–H and O–H groups in total. The van der Waals surface area contributed by atoms with Crippen LogP contribution in [0.1, 0.15) is 49.0 Å². The van der Waals surface area contributed by atoms with Gasteiger partial charge in [0.05, 0.1) is 11.9 Å². The smallest absolute Gasteiger partial charge is 0.256 e. The van der Waals surface area contributed by atoms with Gasteiger partial charge in [0.1, 0.15) is 11.6 Å². The zero-order valence-corrected chi connectivity index (χ0v) is 16.1. The van der Waals surface area contributed by atoms with E-state index in [1.165, 1.54) is 0 Å². The zero-order chi connectivity index (χ0) is 19.3. The Kier molecular flexibility index (Phi) is 4.30.